The lowest BCUT2D eigenvalue weighted by atomic mass is 10.0. The summed E-state index contributed by atoms with van der Waals surface area (Å²) in [6, 6.07) is 0. The van der Waals surface area contributed by atoms with E-state index < -0.39 is 0 Å². The number of ketones is 1. The molecule has 0 atom stereocenters. The second kappa shape index (κ2) is 8.27. The normalized spacial score (nSPS) is 19.1. The average Bonchev–Trinajstić information content (AvgIpc) is 3.50. The molecule has 4 rings (SSSR count). The number of halogens is 1. The van der Waals surface area contributed by atoms with Gasteiger partial charge >= 0.3 is 0 Å². The lowest BCUT2D eigenvalue weighted by Crippen LogP contribution is -2.30. The van der Waals surface area contributed by atoms with Crippen molar-refractivity contribution in [3.63, 3.8) is 0 Å². The minimum atomic E-state index is 0.0340. The van der Waals surface area contributed by atoms with Crippen LogP contribution in [0, 0.1) is 11.8 Å². The van der Waals surface area contributed by atoms with Crippen LogP contribution in [0.15, 0.2) is 0 Å². The molecule has 2 saturated carbocycles. The fourth-order valence-corrected chi connectivity index (χ4v) is 4.45. The smallest absolute Gasteiger partial charge is 0.252 e. The second-order valence-corrected chi connectivity index (χ2v) is 7.99. The first-order chi connectivity index (χ1) is 11.7. The number of thiophene rings is 1. The van der Waals surface area contributed by atoms with E-state index in [1.807, 2.05) is 4.93 Å². The Morgan fingerprint density at radius 1 is 1.25 bits per heavy atom. The van der Waals surface area contributed by atoms with Gasteiger partial charge in [0.1, 0.15) is 5.78 Å². The van der Waals surface area contributed by atoms with Gasteiger partial charge in [0.05, 0.1) is 5.56 Å². The molecule has 3 aliphatic rings. The second-order valence-electron chi connectivity index (χ2n) is 6.80. The van der Waals surface area contributed by atoms with Gasteiger partial charge in [0.2, 0.25) is 0 Å². The van der Waals surface area contributed by atoms with E-state index in [9.17, 15) is 9.59 Å². The van der Waals surface area contributed by atoms with Gasteiger partial charge in [0.15, 0.2) is 0 Å². The summed E-state index contributed by atoms with van der Waals surface area (Å²) in [5, 5.41) is 6.44. The molecule has 0 aromatic carbocycles. The largest absolute Gasteiger partial charge is 0.352 e. The van der Waals surface area contributed by atoms with E-state index >= 15 is 0 Å². The number of hydrogen-bond acceptors (Lipinski definition) is 4. The summed E-state index contributed by atoms with van der Waals surface area (Å²) in [6.45, 7) is 2.51. The van der Waals surface area contributed by atoms with Crippen molar-refractivity contribution < 1.29 is 9.59 Å². The average molecular weight is 460 g/mol. The Morgan fingerprint density at radius 2 is 2.00 bits per heavy atom. The molecular weight excluding hydrogens is 435 g/mol. The number of carbonyl (C=O) groups is 2. The van der Waals surface area contributed by atoms with Crippen LogP contribution in [-0.2, 0) is 24.2 Å². The first kappa shape index (κ1) is 18.3. The molecule has 1 aromatic rings. The zero-order valence-corrected chi connectivity index (χ0v) is 17.1. The summed E-state index contributed by atoms with van der Waals surface area (Å²) in [6.07, 6.45) is 5.96. The predicted octanol–water partition coefficient (Wildman–Crippen LogP) is 3.11. The third-order valence-electron chi connectivity index (χ3n) is 4.84. The maximum atomic E-state index is 12.7. The van der Waals surface area contributed by atoms with E-state index in [4.69, 9.17) is 0 Å². The van der Waals surface area contributed by atoms with E-state index in [0.717, 1.165) is 54.9 Å². The van der Waals surface area contributed by atoms with Crippen LogP contribution in [0.2, 0.25) is 0 Å². The SMILES string of the molecule is CI.O=C(NCC1CC1)c1c(CC(=O)C2CC2)sc2c1CNCC2. The molecule has 1 aliphatic heterocycles. The molecule has 132 valence electrons. The summed E-state index contributed by atoms with van der Waals surface area (Å²) in [7, 11) is 0. The van der Waals surface area contributed by atoms with E-state index in [0.29, 0.717) is 18.1 Å². The highest BCUT2D eigenvalue weighted by atomic mass is 127. The van der Waals surface area contributed by atoms with Crippen molar-refractivity contribution in [1.82, 2.24) is 10.6 Å². The van der Waals surface area contributed by atoms with Gasteiger partial charge in [0.25, 0.3) is 5.91 Å². The summed E-state index contributed by atoms with van der Waals surface area (Å²) in [5.74, 6) is 1.29. The maximum absolute atomic E-state index is 12.7. The number of rotatable bonds is 6. The molecule has 2 heterocycles. The molecule has 0 radical (unpaired) electrons. The minimum Gasteiger partial charge on any atom is -0.352 e. The number of fused-ring (bicyclic) bond motifs is 1. The van der Waals surface area contributed by atoms with Gasteiger partial charge in [-0.15, -0.1) is 11.3 Å². The lowest BCUT2D eigenvalue weighted by Gasteiger charge is -2.14. The molecule has 0 spiro atoms. The summed E-state index contributed by atoms with van der Waals surface area (Å²) in [5.41, 5.74) is 1.95. The van der Waals surface area contributed by atoms with Crippen LogP contribution in [0.4, 0.5) is 0 Å². The van der Waals surface area contributed by atoms with Crippen LogP contribution in [0.3, 0.4) is 0 Å². The highest BCUT2D eigenvalue weighted by Crippen LogP contribution is 2.36. The Bertz CT molecular complexity index is 621. The van der Waals surface area contributed by atoms with Gasteiger partial charge in [-0.1, -0.05) is 22.6 Å². The fraction of sp³-hybridized carbons (Fsp3) is 0.667. The molecule has 1 aromatic heterocycles. The zero-order chi connectivity index (χ0) is 17.1. The molecule has 2 N–H and O–H groups in total. The monoisotopic (exact) mass is 460 g/mol. The van der Waals surface area contributed by atoms with Crippen molar-refractivity contribution in [3.05, 3.63) is 20.9 Å². The Balaban J connectivity index is 0.000000815. The number of carbonyl (C=O) groups excluding carboxylic acids is 2. The third kappa shape index (κ3) is 4.38. The number of alkyl halides is 1. The predicted molar refractivity (Wildman–Crippen MR) is 106 cm³/mol. The molecular formula is C18H25IN2O2S. The molecule has 1 amide bonds. The summed E-state index contributed by atoms with van der Waals surface area (Å²) < 4.78 is 0. The fourth-order valence-electron chi connectivity index (χ4n) is 3.12. The highest BCUT2D eigenvalue weighted by molar-refractivity contribution is 14.1. The first-order valence-electron chi connectivity index (χ1n) is 8.75. The quantitative estimate of drug-likeness (QED) is 0.507. The van der Waals surface area contributed by atoms with Crippen molar-refractivity contribution in [2.45, 2.75) is 45.1 Å². The summed E-state index contributed by atoms with van der Waals surface area (Å²) in [4.78, 5) is 29.1. The molecule has 0 saturated heterocycles. The van der Waals surface area contributed by atoms with Crippen molar-refractivity contribution in [3.8, 4) is 0 Å². The molecule has 2 aliphatic carbocycles. The van der Waals surface area contributed by atoms with Gasteiger partial charge in [-0.3, -0.25) is 9.59 Å². The van der Waals surface area contributed by atoms with Gasteiger partial charge < -0.3 is 10.6 Å². The van der Waals surface area contributed by atoms with Crippen LogP contribution in [0.5, 0.6) is 0 Å². The molecule has 0 unspecified atom stereocenters. The van der Waals surface area contributed by atoms with Gasteiger partial charge in [-0.05, 0) is 48.5 Å². The van der Waals surface area contributed by atoms with Crippen molar-refractivity contribution >= 4 is 45.6 Å². The highest BCUT2D eigenvalue weighted by Gasteiger charge is 2.33. The standard InChI is InChI=1S/C17H22N2O2S.CH3I/c20-13(11-3-4-11)7-15-16(17(21)19-8-10-1-2-10)12-9-18-6-5-14(12)22-15;1-2/h10-11,18H,1-9H2,(H,19,21);1H3. The molecule has 2 fully saturated rings. The Hall–Kier alpha value is -0.470. The Morgan fingerprint density at radius 3 is 2.67 bits per heavy atom. The Labute approximate surface area is 161 Å². The number of amides is 1. The van der Waals surface area contributed by atoms with Crippen LogP contribution < -0.4 is 10.6 Å². The molecule has 24 heavy (non-hydrogen) atoms. The van der Waals surface area contributed by atoms with Crippen molar-refractivity contribution in [1.29, 1.82) is 0 Å². The minimum absolute atomic E-state index is 0.0340. The van der Waals surface area contributed by atoms with Gasteiger partial charge in [-0.2, -0.15) is 0 Å². The van der Waals surface area contributed by atoms with Crippen molar-refractivity contribution in [2.75, 3.05) is 18.0 Å². The topological polar surface area (TPSA) is 58.2 Å². The van der Waals surface area contributed by atoms with E-state index in [1.54, 1.807) is 11.3 Å². The number of nitrogens with one attached hydrogen (secondary N) is 2. The van der Waals surface area contributed by atoms with Crippen LogP contribution in [-0.4, -0.2) is 29.7 Å². The van der Waals surface area contributed by atoms with Crippen LogP contribution >= 0.6 is 33.9 Å². The van der Waals surface area contributed by atoms with E-state index in [1.165, 1.54) is 17.7 Å². The van der Waals surface area contributed by atoms with Crippen LogP contribution in [0.25, 0.3) is 0 Å². The Kier molecular flexibility index (Phi) is 6.32. The van der Waals surface area contributed by atoms with Gasteiger partial charge in [0, 0.05) is 41.7 Å². The molecule has 4 nitrogen and oxygen atoms in total. The molecule has 6 heteroatoms. The van der Waals surface area contributed by atoms with E-state index in [2.05, 4.69) is 33.2 Å². The lowest BCUT2D eigenvalue weighted by molar-refractivity contribution is -0.119. The zero-order valence-electron chi connectivity index (χ0n) is 14.1. The van der Waals surface area contributed by atoms with Gasteiger partial charge in [-0.25, -0.2) is 0 Å². The van der Waals surface area contributed by atoms with E-state index in [-0.39, 0.29) is 11.8 Å². The third-order valence-corrected chi connectivity index (χ3v) is 6.13. The first-order valence-corrected chi connectivity index (χ1v) is 11.7. The number of Topliss-reactive ketones (excluding diaryl/α,β-unsaturated/α-hetero) is 1. The van der Waals surface area contributed by atoms with Crippen LogP contribution in [0.1, 0.15) is 51.4 Å². The number of hydrogen-bond donors (Lipinski definition) is 2. The summed E-state index contributed by atoms with van der Waals surface area (Å²) >= 11 is 3.84. The molecule has 0 bridgehead atoms. The van der Waals surface area contributed by atoms with Crippen molar-refractivity contribution in [2.24, 2.45) is 11.8 Å². The maximum Gasteiger partial charge on any atom is 0.252 e.